The lowest BCUT2D eigenvalue weighted by Gasteiger charge is -2.26. The minimum atomic E-state index is -0.280. The third kappa shape index (κ3) is 1.80. The van der Waals surface area contributed by atoms with Gasteiger partial charge in [-0.1, -0.05) is 25.1 Å². The van der Waals surface area contributed by atoms with Crippen LogP contribution in [0.3, 0.4) is 0 Å². The molecule has 0 fully saturated rings. The maximum Gasteiger partial charge on any atom is 0.0537 e. The summed E-state index contributed by atoms with van der Waals surface area (Å²) in [5.41, 5.74) is 9.54. The van der Waals surface area contributed by atoms with Crippen LogP contribution in [0.2, 0.25) is 0 Å². The van der Waals surface area contributed by atoms with Crippen molar-refractivity contribution >= 4 is 0 Å². The van der Waals surface area contributed by atoms with Gasteiger partial charge < -0.3 is 10.8 Å². The van der Waals surface area contributed by atoms with Crippen molar-refractivity contribution in [2.45, 2.75) is 31.6 Å². The van der Waals surface area contributed by atoms with E-state index in [2.05, 4.69) is 18.2 Å². The molecule has 1 aromatic rings. The number of aliphatic hydroxyl groups is 1. The highest BCUT2D eigenvalue weighted by atomic mass is 16.3. The topological polar surface area (TPSA) is 46.2 Å². The Balaban J connectivity index is 2.37. The first kappa shape index (κ1) is 10.7. The first-order valence-electron chi connectivity index (χ1n) is 5.63. The van der Waals surface area contributed by atoms with Gasteiger partial charge in [0.2, 0.25) is 0 Å². The third-order valence-corrected chi connectivity index (χ3v) is 3.59. The Morgan fingerprint density at radius 2 is 2.07 bits per heavy atom. The molecule has 2 heteroatoms. The number of fused-ring (bicyclic) bond motifs is 1. The van der Waals surface area contributed by atoms with E-state index in [0.717, 1.165) is 0 Å². The second-order valence-electron chi connectivity index (χ2n) is 4.76. The van der Waals surface area contributed by atoms with E-state index in [9.17, 15) is 5.11 Å². The van der Waals surface area contributed by atoms with Gasteiger partial charge in [-0.25, -0.2) is 0 Å². The van der Waals surface area contributed by atoms with E-state index in [1.807, 2.05) is 6.92 Å². The van der Waals surface area contributed by atoms with E-state index in [1.54, 1.807) is 0 Å². The van der Waals surface area contributed by atoms with Gasteiger partial charge in [-0.2, -0.15) is 0 Å². The average Bonchev–Trinajstić information content (AvgIpc) is 2.74. The van der Waals surface area contributed by atoms with Crippen LogP contribution < -0.4 is 5.73 Å². The molecule has 0 radical (unpaired) electrons. The van der Waals surface area contributed by atoms with Gasteiger partial charge in [0.15, 0.2) is 0 Å². The molecule has 1 atom stereocenters. The molecule has 0 saturated carbocycles. The largest absolute Gasteiger partial charge is 0.395 e. The Bertz CT molecular complexity index is 356. The van der Waals surface area contributed by atoms with Crippen LogP contribution in [0.1, 0.15) is 30.0 Å². The van der Waals surface area contributed by atoms with Gasteiger partial charge in [0.05, 0.1) is 6.61 Å². The molecule has 15 heavy (non-hydrogen) atoms. The molecule has 3 N–H and O–H groups in total. The van der Waals surface area contributed by atoms with Crippen LogP contribution in [0.4, 0.5) is 0 Å². The summed E-state index contributed by atoms with van der Waals surface area (Å²) >= 11 is 0. The molecule has 1 aliphatic carbocycles. The summed E-state index contributed by atoms with van der Waals surface area (Å²) in [5, 5.41) is 9.41. The molecule has 0 spiro atoms. The van der Waals surface area contributed by atoms with Gasteiger partial charge in [0.25, 0.3) is 0 Å². The first-order chi connectivity index (χ1) is 7.19. The fourth-order valence-corrected chi connectivity index (χ4v) is 2.22. The van der Waals surface area contributed by atoms with E-state index < -0.39 is 0 Å². The molecule has 1 unspecified atom stereocenters. The Hall–Kier alpha value is -0.860. The van der Waals surface area contributed by atoms with Gasteiger partial charge in [-0.3, -0.25) is 0 Å². The van der Waals surface area contributed by atoms with E-state index in [-0.39, 0.29) is 12.0 Å². The summed E-state index contributed by atoms with van der Waals surface area (Å²) in [6.07, 6.45) is 3.64. The van der Waals surface area contributed by atoms with Crippen molar-refractivity contribution in [2.75, 3.05) is 13.2 Å². The minimum Gasteiger partial charge on any atom is -0.395 e. The molecular weight excluding hydrogens is 186 g/mol. The lowest BCUT2D eigenvalue weighted by atomic mass is 9.82. The average molecular weight is 205 g/mol. The van der Waals surface area contributed by atoms with Crippen LogP contribution in [0.5, 0.6) is 0 Å². The highest BCUT2D eigenvalue weighted by molar-refractivity contribution is 5.38. The van der Waals surface area contributed by atoms with Crippen molar-refractivity contribution in [3.8, 4) is 0 Å². The standard InChI is InChI=1S/C13H19NO/c1-13(8-14,9-15)12-6-5-10-3-2-4-11(10)7-12/h5-7,15H,2-4,8-9,14H2,1H3. The predicted octanol–water partition coefficient (Wildman–Crippen LogP) is 1.38. The van der Waals surface area contributed by atoms with Crippen molar-refractivity contribution in [1.29, 1.82) is 0 Å². The summed E-state index contributed by atoms with van der Waals surface area (Å²) in [6, 6.07) is 6.54. The van der Waals surface area contributed by atoms with E-state index in [0.29, 0.717) is 6.54 Å². The fourth-order valence-electron chi connectivity index (χ4n) is 2.22. The minimum absolute atomic E-state index is 0.113. The highest BCUT2D eigenvalue weighted by Gasteiger charge is 2.25. The van der Waals surface area contributed by atoms with Crippen LogP contribution in [0, 0.1) is 0 Å². The van der Waals surface area contributed by atoms with Crippen molar-refractivity contribution in [1.82, 2.24) is 0 Å². The van der Waals surface area contributed by atoms with Gasteiger partial charge >= 0.3 is 0 Å². The Morgan fingerprint density at radius 1 is 1.33 bits per heavy atom. The number of aryl methyl sites for hydroxylation is 2. The molecule has 82 valence electrons. The summed E-state index contributed by atoms with van der Waals surface area (Å²) in [6.45, 7) is 2.62. The molecule has 0 bridgehead atoms. The van der Waals surface area contributed by atoms with Gasteiger partial charge in [0, 0.05) is 12.0 Å². The van der Waals surface area contributed by atoms with Crippen LogP contribution >= 0.6 is 0 Å². The molecular formula is C13H19NO. The number of hydrogen-bond donors (Lipinski definition) is 2. The number of aliphatic hydroxyl groups excluding tert-OH is 1. The van der Waals surface area contributed by atoms with Crippen LogP contribution in [0.15, 0.2) is 18.2 Å². The van der Waals surface area contributed by atoms with E-state index in [1.165, 1.54) is 36.0 Å². The van der Waals surface area contributed by atoms with Gasteiger partial charge in [-0.05, 0) is 36.0 Å². The van der Waals surface area contributed by atoms with E-state index in [4.69, 9.17) is 5.73 Å². The summed E-state index contributed by atoms with van der Waals surface area (Å²) in [5.74, 6) is 0. The zero-order valence-corrected chi connectivity index (χ0v) is 9.29. The molecule has 1 aliphatic rings. The lowest BCUT2D eigenvalue weighted by molar-refractivity contribution is 0.210. The Labute approximate surface area is 91.1 Å². The smallest absolute Gasteiger partial charge is 0.0537 e. The molecule has 0 aromatic heterocycles. The van der Waals surface area contributed by atoms with Crippen molar-refractivity contribution in [3.05, 3.63) is 34.9 Å². The number of hydrogen-bond acceptors (Lipinski definition) is 2. The van der Waals surface area contributed by atoms with Gasteiger partial charge in [0.1, 0.15) is 0 Å². The normalized spacial score (nSPS) is 18.6. The summed E-state index contributed by atoms with van der Waals surface area (Å²) in [7, 11) is 0. The monoisotopic (exact) mass is 205 g/mol. The molecule has 1 aromatic carbocycles. The number of rotatable bonds is 3. The van der Waals surface area contributed by atoms with Gasteiger partial charge in [-0.15, -0.1) is 0 Å². The van der Waals surface area contributed by atoms with Crippen molar-refractivity contribution in [2.24, 2.45) is 5.73 Å². The number of nitrogens with two attached hydrogens (primary N) is 1. The second kappa shape index (κ2) is 3.95. The maximum atomic E-state index is 9.41. The lowest BCUT2D eigenvalue weighted by Crippen LogP contribution is -2.35. The Kier molecular flexibility index (Phi) is 2.81. The van der Waals surface area contributed by atoms with Crippen molar-refractivity contribution < 1.29 is 5.11 Å². The highest BCUT2D eigenvalue weighted by Crippen LogP contribution is 2.28. The number of benzene rings is 1. The molecule has 0 aliphatic heterocycles. The predicted molar refractivity (Wildman–Crippen MR) is 62.0 cm³/mol. The SMILES string of the molecule is CC(CN)(CO)c1ccc2c(c1)CCC2. The Morgan fingerprint density at radius 3 is 2.73 bits per heavy atom. The zero-order chi connectivity index (χ0) is 10.9. The fraction of sp³-hybridized carbons (Fsp3) is 0.538. The molecule has 0 heterocycles. The first-order valence-corrected chi connectivity index (χ1v) is 5.63. The van der Waals surface area contributed by atoms with Crippen LogP contribution in [-0.4, -0.2) is 18.3 Å². The van der Waals surface area contributed by atoms with Crippen LogP contribution in [-0.2, 0) is 18.3 Å². The summed E-state index contributed by atoms with van der Waals surface area (Å²) in [4.78, 5) is 0. The maximum absolute atomic E-state index is 9.41. The third-order valence-electron chi connectivity index (χ3n) is 3.59. The quantitative estimate of drug-likeness (QED) is 0.783. The molecule has 2 nitrogen and oxygen atoms in total. The molecule has 0 amide bonds. The van der Waals surface area contributed by atoms with Crippen molar-refractivity contribution in [3.63, 3.8) is 0 Å². The molecule has 2 rings (SSSR count). The molecule has 0 saturated heterocycles. The van der Waals surface area contributed by atoms with E-state index >= 15 is 0 Å². The van der Waals surface area contributed by atoms with Crippen LogP contribution in [0.25, 0.3) is 0 Å². The summed E-state index contributed by atoms with van der Waals surface area (Å²) < 4.78 is 0. The zero-order valence-electron chi connectivity index (χ0n) is 9.29. The second-order valence-corrected chi connectivity index (χ2v) is 4.76.